The van der Waals surface area contributed by atoms with Crippen LogP contribution in [0.25, 0.3) is 0 Å². The van der Waals surface area contributed by atoms with Crippen LogP contribution in [-0.4, -0.2) is 16.6 Å². The smallest absolute Gasteiger partial charge is 0.323 e. The Morgan fingerprint density at radius 3 is 2.25 bits per heavy atom. The van der Waals surface area contributed by atoms with Gasteiger partial charge in [0.05, 0.1) is 0 Å². The van der Waals surface area contributed by atoms with Crippen LogP contribution >= 0.6 is 0 Å². The molecule has 0 aromatic heterocycles. The minimum Gasteiger partial charge on any atom is -0.480 e. The Morgan fingerprint density at radius 1 is 1.33 bits per heavy atom. The Kier molecular flexibility index (Phi) is 4.90. The number of carboxylic acids is 1. The Morgan fingerprint density at radius 2 is 1.92 bits per heavy atom. The number of carbonyl (C=O) groups is 1. The highest BCUT2D eigenvalue weighted by Crippen LogP contribution is 2.17. The Labute approximate surface area is 74.0 Å². The fourth-order valence-corrected chi connectivity index (χ4v) is 1.28. The topological polar surface area (TPSA) is 63.3 Å². The first-order valence-corrected chi connectivity index (χ1v) is 4.59. The molecule has 0 rings (SSSR count). The van der Waals surface area contributed by atoms with E-state index in [9.17, 15) is 4.79 Å². The fourth-order valence-electron chi connectivity index (χ4n) is 1.28. The minimum atomic E-state index is -0.981. The van der Waals surface area contributed by atoms with Gasteiger partial charge in [0.25, 0.3) is 0 Å². The van der Waals surface area contributed by atoms with Crippen LogP contribution in [0.2, 0.25) is 0 Å². The van der Waals surface area contributed by atoms with Crippen LogP contribution in [0.15, 0.2) is 0 Å². The molecule has 0 saturated heterocycles. The van der Waals surface area contributed by atoms with E-state index in [0.717, 1.165) is 19.3 Å². The van der Waals surface area contributed by atoms with Crippen LogP contribution in [-0.2, 0) is 4.79 Å². The number of rotatable bonds is 6. The lowest BCUT2D eigenvalue weighted by Crippen LogP contribution is -2.47. The van der Waals surface area contributed by atoms with Crippen LogP contribution in [0.1, 0.15) is 46.0 Å². The highest BCUT2D eigenvalue weighted by Gasteiger charge is 2.31. The SMILES string of the molecule is CCCCC(N)(CCC)C(=O)O. The Bertz CT molecular complexity index is 147. The average Bonchev–Trinajstić information content (AvgIpc) is 2.01. The molecule has 0 aromatic carbocycles. The normalized spacial score (nSPS) is 15.6. The lowest BCUT2D eigenvalue weighted by molar-refractivity contribution is -0.144. The number of hydrogen-bond acceptors (Lipinski definition) is 2. The average molecular weight is 173 g/mol. The quantitative estimate of drug-likeness (QED) is 0.643. The van der Waals surface area contributed by atoms with E-state index in [2.05, 4.69) is 0 Å². The highest BCUT2D eigenvalue weighted by molar-refractivity contribution is 5.78. The molecule has 72 valence electrons. The summed E-state index contributed by atoms with van der Waals surface area (Å²) in [6.45, 7) is 3.99. The summed E-state index contributed by atoms with van der Waals surface area (Å²) in [5.41, 5.74) is 4.76. The van der Waals surface area contributed by atoms with Crippen LogP contribution in [0.4, 0.5) is 0 Å². The van der Waals surface area contributed by atoms with Crippen LogP contribution in [0.3, 0.4) is 0 Å². The number of aliphatic carboxylic acids is 1. The molecule has 3 N–H and O–H groups in total. The van der Waals surface area contributed by atoms with E-state index < -0.39 is 11.5 Å². The van der Waals surface area contributed by atoms with E-state index in [1.165, 1.54) is 0 Å². The monoisotopic (exact) mass is 173 g/mol. The molecule has 0 aliphatic rings. The maximum absolute atomic E-state index is 10.8. The molecular weight excluding hydrogens is 154 g/mol. The maximum atomic E-state index is 10.8. The Hall–Kier alpha value is -0.570. The summed E-state index contributed by atoms with van der Waals surface area (Å²) in [5.74, 6) is -0.863. The van der Waals surface area contributed by atoms with Gasteiger partial charge in [-0.05, 0) is 12.8 Å². The zero-order valence-electron chi connectivity index (χ0n) is 7.97. The zero-order chi connectivity index (χ0) is 9.61. The Balaban J connectivity index is 4.08. The van der Waals surface area contributed by atoms with Crippen molar-refractivity contribution in [2.75, 3.05) is 0 Å². The van der Waals surface area contributed by atoms with E-state index in [0.29, 0.717) is 12.8 Å². The third-order valence-corrected chi connectivity index (χ3v) is 2.10. The van der Waals surface area contributed by atoms with Crippen molar-refractivity contribution < 1.29 is 9.90 Å². The van der Waals surface area contributed by atoms with Gasteiger partial charge >= 0.3 is 5.97 Å². The third kappa shape index (κ3) is 3.22. The summed E-state index contributed by atoms with van der Waals surface area (Å²) in [6.07, 6.45) is 3.88. The molecule has 0 saturated carbocycles. The first-order chi connectivity index (χ1) is 5.56. The molecule has 0 bridgehead atoms. The van der Waals surface area contributed by atoms with Gasteiger partial charge in [-0.3, -0.25) is 4.79 Å². The van der Waals surface area contributed by atoms with Crippen molar-refractivity contribution in [2.24, 2.45) is 5.73 Å². The van der Waals surface area contributed by atoms with Crippen molar-refractivity contribution in [3.63, 3.8) is 0 Å². The second-order valence-electron chi connectivity index (χ2n) is 3.31. The van der Waals surface area contributed by atoms with E-state index in [1.807, 2.05) is 13.8 Å². The molecule has 0 aliphatic carbocycles. The van der Waals surface area contributed by atoms with Crippen LogP contribution in [0, 0.1) is 0 Å². The van der Waals surface area contributed by atoms with Crippen molar-refractivity contribution in [1.29, 1.82) is 0 Å². The molecule has 0 amide bonds. The standard InChI is InChI=1S/C9H19NO2/c1-3-5-7-9(10,6-4-2)8(11)12/h3-7,10H2,1-2H3,(H,11,12). The van der Waals surface area contributed by atoms with Crippen molar-refractivity contribution in [1.82, 2.24) is 0 Å². The number of carboxylic acid groups (broad SMARTS) is 1. The highest BCUT2D eigenvalue weighted by atomic mass is 16.4. The molecule has 12 heavy (non-hydrogen) atoms. The second-order valence-corrected chi connectivity index (χ2v) is 3.31. The van der Waals surface area contributed by atoms with E-state index in [4.69, 9.17) is 10.8 Å². The predicted molar refractivity (Wildman–Crippen MR) is 49.0 cm³/mol. The van der Waals surface area contributed by atoms with Gasteiger partial charge in [-0.25, -0.2) is 0 Å². The zero-order valence-corrected chi connectivity index (χ0v) is 7.97. The van der Waals surface area contributed by atoms with Crippen LogP contribution < -0.4 is 5.73 Å². The molecule has 0 radical (unpaired) electrons. The van der Waals surface area contributed by atoms with Crippen molar-refractivity contribution in [2.45, 2.75) is 51.5 Å². The molecular formula is C9H19NO2. The predicted octanol–water partition coefficient (Wildman–Crippen LogP) is 1.76. The summed E-state index contributed by atoms with van der Waals surface area (Å²) >= 11 is 0. The lowest BCUT2D eigenvalue weighted by Gasteiger charge is -2.23. The van der Waals surface area contributed by atoms with Gasteiger partial charge in [-0.15, -0.1) is 0 Å². The van der Waals surface area contributed by atoms with Gasteiger partial charge in [0, 0.05) is 0 Å². The molecule has 1 atom stereocenters. The van der Waals surface area contributed by atoms with E-state index in [-0.39, 0.29) is 0 Å². The molecule has 1 unspecified atom stereocenters. The molecule has 0 spiro atoms. The maximum Gasteiger partial charge on any atom is 0.323 e. The summed E-state index contributed by atoms with van der Waals surface area (Å²) in [6, 6.07) is 0. The summed E-state index contributed by atoms with van der Waals surface area (Å²) in [4.78, 5) is 10.8. The molecule has 0 fully saturated rings. The molecule has 3 heteroatoms. The van der Waals surface area contributed by atoms with Gasteiger partial charge in [0.2, 0.25) is 0 Å². The van der Waals surface area contributed by atoms with Crippen molar-refractivity contribution in [3.05, 3.63) is 0 Å². The first-order valence-electron chi connectivity index (χ1n) is 4.59. The van der Waals surface area contributed by atoms with Gasteiger partial charge < -0.3 is 10.8 Å². The largest absolute Gasteiger partial charge is 0.480 e. The fraction of sp³-hybridized carbons (Fsp3) is 0.889. The molecule has 0 heterocycles. The minimum absolute atomic E-state index is 0.572. The van der Waals surface area contributed by atoms with E-state index >= 15 is 0 Å². The van der Waals surface area contributed by atoms with Gasteiger partial charge in [-0.2, -0.15) is 0 Å². The first kappa shape index (κ1) is 11.4. The second kappa shape index (κ2) is 5.14. The summed E-state index contributed by atoms with van der Waals surface area (Å²) in [7, 11) is 0. The van der Waals surface area contributed by atoms with Crippen LogP contribution in [0.5, 0.6) is 0 Å². The van der Waals surface area contributed by atoms with Crippen molar-refractivity contribution >= 4 is 5.97 Å². The number of nitrogens with two attached hydrogens (primary N) is 1. The van der Waals surface area contributed by atoms with Gasteiger partial charge in [0.15, 0.2) is 0 Å². The third-order valence-electron chi connectivity index (χ3n) is 2.10. The summed E-state index contributed by atoms with van der Waals surface area (Å²) in [5, 5.41) is 8.87. The summed E-state index contributed by atoms with van der Waals surface area (Å²) < 4.78 is 0. The molecule has 0 aliphatic heterocycles. The number of hydrogen-bond donors (Lipinski definition) is 2. The van der Waals surface area contributed by atoms with Crippen molar-refractivity contribution in [3.8, 4) is 0 Å². The number of unbranched alkanes of at least 4 members (excludes halogenated alkanes) is 1. The molecule has 0 aromatic rings. The lowest BCUT2D eigenvalue weighted by atomic mass is 9.89. The van der Waals surface area contributed by atoms with Gasteiger partial charge in [-0.1, -0.05) is 33.1 Å². The van der Waals surface area contributed by atoms with E-state index in [1.54, 1.807) is 0 Å². The molecule has 3 nitrogen and oxygen atoms in total. The van der Waals surface area contributed by atoms with Gasteiger partial charge in [0.1, 0.15) is 5.54 Å².